The number of carbonyl (C=O) groups excluding carboxylic acids is 2. The molecule has 0 aromatic carbocycles. The number of ether oxygens (including phenoxy) is 1. The molecule has 0 spiro atoms. The molecular formula is C10H20N2O3. The zero-order chi connectivity index (χ0) is 11.8. The summed E-state index contributed by atoms with van der Waals surface area (Å²) in [5.41, 5.74) is 0. The summed E-state index contributed by atoms with van der Waals surface area (Å²) in [6.07, 6.45) is 0. The average Bonchev–Trinajstić information content (AvgIpc) is 2.22. The molecule has 0 aliphatic rings. The first-order valence-corrected chi connectivity index (χ1v) is 5.08. The van der Waals surface area contributed by atoms with Gasteiger partial charge in [0, 0.05) is 19.0 Å². The van der Waals surface area contributed by atoms with E-state index < -0.39 is 0 Å². The molecule has 1 atom stereocenters. The lowest BCUT2D eigenvalue weighted by molar-refractivity contribution is -0.142. The number of esters is 1. The van der Waals surface area contributed by atoms with E-state index in [1.54, 1.807) is 6.92 Å². The first-order chi connectivity index (χ1) is 6.99. The van der Waals surface area contributed by atoms with Crippen molar-refractivity contribution in [2.45, 2.75) is 26.8 Å². The van der Waals surface area contributed by atoms with Gasteiger partial charge in [0.1, 0.15) is 6.04 Å². The number of methoxy groups -OCH3 is 1. The maximum atomic E-state index is 11.1. The number of hydrogen-bond acceptors (Lipinski definition) is 4. The van der Waals surface area contributed by atoms with Crippen molar-refractivity contribution < 1.29 is 14.3 Å². The summed E-state index contributed by atoms with van der Waals surface area (Å²) in [6, 6.07) is -0.342. The highest BCUT2D eigenvalue weighted by molar-refractivity contribution is 5.77. The largest absolute Gasteiger partial charge is 0.468 e. The molecule has 0 fully saturated rings. The minimum Gasteiger partial charge on any atom is -0.468 e. The van der Waals surface area contributed by atoms with Crippen LogP contribution in [0.5, 0.6) is 0 Å². The van der Waals surface area contributed by atoms with Crippen molar-refractivity contribution in [2.24, 2.45) is 5.92 Å². The van der Waals surface area contributed by atoms with Gasteiger partial charge in [-0.1, -0.05) is 13.8 Å². The fourth-order valence-electron chi connectivity index (χ4n) is 0.939. The van der Waals surface area contributed by atoms with Crippen LogP contribution in [0.2, 0.25) is 0 Å². The standard InChI is InChI=1S/C10H20N2O3/c1-7(2)9(13)12-6-5-11-8(3)10(14)15-4/h7-8,11H,5-6H2,1-4H3,(H,12,13). The molecule has 0 aliphatic heterocycles. The maximum absolute atomic E-state index is 11.1. The Bertz CT molecular complexity index is 217. The summed E-state index contributed by atoms with van der Waals surface area (Å²) >= 11 is 0. The highest BCUT2D eigenvalue weighted by atomic mass is 16.5. The molecule has 0 aromatic rings. The molecule has 5 heteroatoms. The van der Waals surface area contributed by atoms with E-state index in [2.05, 4.69) is 15.4 Å². The van der Waals surface area contributed by atoms with Crippen LogP contribution < -0.4 is 10.6 Å². The van der Waals surface area contributed by atoms with Gasteiger partial charge in [-0.05, 0) is 6.92 Å². The summed E-state index contributed by atoms with van der Waals surface area (Å²) in [7, 11) is 1.35. The summed E-state index contributed by atoms with van der Waals surface area (Å²) in [5.74, 6) is -0.296. The lowest BCUT2D eigenvalue weighted by Gasteiger charge is -2.12. The SMILES string of the molecule is COC(=O)C(C)NCCNC(=O)C(C)C. The van der Waals surface area contributed by atoms with Crippen molar-refractivity contribution in [3.05, 3.63) is 0 Å². The Balaban J connectivity index is 3.54. The van der Waals surface area contributed by atoms with Gasteiger partial charge >= 0.3 is 5.97 Å². The molecule has 0 saturated heterocycles. The molecule has 0 saturated carbocycles. The van der Waals surface area contributed by atoms with Gasteiger partial charge in [-0.15, -0.1) is 0 Å². The first kappa shape index (κ1) is 13.9. The van der Waals surface area contributed by atoms with Crippen LogP contribution in [0.1, 0.15) is 20.8 Å². The van der Waals surface area contributed by atoms with E-state index in [0.717, 1.165) is 0 Å². The fourth-order valence-corrected chi connectivity index (χ4v) is 0.939. The monoisotopic (exact) mass is 216 g/mol. The van der Waals surface area contributed by atoms with Crippen molar-refractivity contribution in [1.82, 2.24) is 10.6 Å². The van der Waals surface area contributed by atoms with Gasteiger partial charge in [-0.25, -0.2) is 0 Å². The Kier molecular flexibility index (Phi) is 6.70. The van der Waals surface area contributed by atoms with Crippen LogP contribution in [-0.4, -0.2) is 38.1 Å². The van der Waals surface area contributed by atoms with Crippen molar-refractivity contribution in [3.8, 4) is 0 Å². The van der Waals surface area contributed by atoms with Crippen LogP contribution in [0.15, 0.2) is 0 Å². The number of carbonyl (C=O) groups is 2. The third kappa shape index (κ3) is 6.06. The van der Waals surface area contributed by atoms with Crippen LogP contribution >= 0.6 is 0 Å². The van der Waals surface area contributed by atoms with E-state index in [9.17, 15) is 9.59 Å². The molecule has 0 radical (unpaired) electrons. The van der Waals surface area contributed by atoms with E-state index in [-0.39, 0.29) is 23.8 Å². The van der Waals surface area contributed by atoms with Crippen molar-refractivity contribution >= 4 is 11.9 Å². The normalized spacial score (nSPS) is 12.3. The highest BCUT2D eigenvalue weighted by Crippen LogP contribution is 1.89. The molecule has 2 N–H and O–H groups in total. The highest BCUT2D eigenvalue weighted by Gasteiger charge is 2.11. The van der Waals surface area contributed by atoms with Crippen molar-refractivity contribution in [1.29, 1.82) is 0 Å². The number of nitrogens with one attached hydrogen (secondary N) is 2. The smallest absolute Gasteiger partial charge is 0.322 e. The number of hydrogen-bond donors (Lipinski definition) is 2. The molecule has 0 heterocycles. The van der Waals surface area contributed by atoms with E-state index >= 15 is 0 Å². The van der Waals surface area contributed by atoms with Gasteiger partial charge in [0.05, 0.1) is 7.11 Å². The second-order valence-corrected chi connectivity index (χ2v) is 3.64. The lowest BCUT2D eigenvalue weighted by atomic mass is 10.2. The third-order valence-electron chi connectivity index (χ3n) is 1.95. The maximum Gasteiger partial charge on any atom is 0.322 e. The Hall–Kier alpha value is -1.10. The molecular weight excluding hydrogens is 196 g/mol. The van der Waals surface area contributed by atoms with Gasteiger partial charge < -0.3 is 15.4 Å². The van der Waals surface area contributed by atoms with Gasteiger partial charge in [0.2, 0.25) is 5.91 Å². The molecule has 15 heavy (non-hydrogen) atoms. The van der Waals surface area contributed by atoms with Crippen LogP contribution in [0.4, 0.5) is 0 Å². The van der Waals surface area contributed by atoms with Crippen LogP contribution in [-0.2, 0) is 14.3 Å². The minimum atomic E-state index is -0.342. The van der Waals surface area contributed by atoms with E-state index in [1.807, 2.05) is 13.8 Å². The molecule has 88 valence electrons. The Morgan fingerprint density at radius 2 is 1.80 bits per heavy atom. The average molecular weight is 216 g/mol. The van der Waals surface area contributed by atoms with E-state index in [4.69, 9.17) is 0 Å². The van der Waals surface area contributed by atoms with Gasteiger partial charge in [0.25, 0.3) is 0 Å². The summed E-state index contributed by atoms with van der Waals surface area (Å²) in [4.78, 5) is 22.1. The van der Waals surface area contributed by atoms with Gasteiger partial charge in [-0.3, -0.25) is 9.59 Å². The van der Waals surface area contributed by atoms with Crippen LogP contribution in [0.25, 0.3) is 0 Å². The molecule has 0 bridgehead atoms. The quantitative estimate of drug-likeness (QED) is 0.481. The number of rotatable bonds is 6. The van der Waals surface area contributed by atoms with E-state index in [1.165, 1.54) is 7.11 Å². The summed E-state index contributed by atoms with van der Waals surface area (Å²) < 4.78 is 4.54. The Morgan fingerprint density at radius 1 is 1.20 bits per heavy atom. The Morgan fingerprint density at radius 3 is 2.27 bits per heavy atom. The van der Waals surface area contributed by atoms with Crippen LogP contribution in [0, 0.1) is 5.92 Å². The third-order valence-corrected chi connectivity index (χ3v) is 1.95. The minimum absolute atomic E-state index is 0.0111. The first-order valence-electron chi connectivity index (χ1n) is 5.08. The zero-order valence-electron chi connectivity index (χ0n) is 9.79. The Labute approximate surface area is 90.6 Å². The van der Waals surface area contributed by atoms with Gasteiger partial charge in [-0.2, -0.15) is 0 Å². The molecule has 1 amide bonds. The summed E-state index contributed by atoms with van der Waals surface area (Å²) in [6.45, 7) is 6.45. The van der Waals surface area contributed by atoms with Crippen LogP contribution in [0.3, 0.4) is 0 Å². The molecule has 0 rings (SSSR count). The van der Waals surface area contributed by atoms with Crippen molar-refractivity contribution in [2.75, 3.05) is 20.2 Å². The fraction of sp³-hybridized carbons (Fsp3) is 0.800. The van der Waals surface area contributed by atoms with Gasteiger partial charge in [0.15, 0.2) is 0 Å². The molecule has 0 aromatic heterocycles. The number of amides is 1. The zero-order valence-corrected chi connectivity index (χ0v) is 9.79. The molecule has 5 nitrogen and oxygen atoms in total. The lowest BCUT2D eigenvalue weighted by Crippen LogP contribution is -2.40. The van der Waals surface area contributed by atoms with E-state index in [0.29, 0.717) is 13.1 Å². The second-order valence-electron chi connectivity index (χ2n) is 3.64. The molecule has 0 aliphatic carbocycles. The molecule has 1 unspecified atom stereocenters. The topological polar surface area (TPSA) is 67.4 Å². The summed E-state index contributed by atoms with van der Waals surface area (Å²) in [5, 5.41) is 5.68. The second kappa shape index (κ2) is 7.23. The predicted molar refractivity (Wildman–Crippen MR) is 57.3 cm³/mol. The predicted octanol–water partition coefficient (Wildman–Crippen LogP) is -0.0903. The van der Waals surface area contributed by atoms with Crippen molar-refractivity contribution in [3.63, 3.8) is 0 Å².